The Morgan fingerprint density at radius 1 is 0.882 bits per heavy atom. The van der Waals surface area contributed by atoms with Gasteiger partial charge in [-0.1, -0.05) is 74.0 Å². The SMILES string of the molecule is CC[C@H]1CC1(c1ccccc1)c1ccccc1. The summed E-state index contributed by atoms with van der Waals surface area (Å²) in [5.41, 5.74) is 3.27. The van der Waals surface area contributed by atoms with Crippen molar-refractivity contribution < 1.29 is 0 Å². The molecule has 0 aromatic heterocycles. The lowest BCUT2D eigenvalue weighted by Crippen LogP contribution is -2.11. The van der Waals surface area contributed by atoms with Crippen molar-refractivity contribution in [3.63, 3.8) is 0 Å². The largest absolute Gasteiger partial charge is 0.0651 e. The molecule has 2 aromatic carbocycles. The van der Waals surface area contributed by atoms with Crippen molar-refractivity contribution in [2.75, 3.05) is 0 Å². The Kier molecular flexibility index (Phi) is 2.51. The Balaban J connectivity index is 2.08. The third kappa shape index (κ3) is 1.59. The van der Waals surface area contributed by atoms with E-state index >= 15 is 0 Å². The molecular weight excluding hydrogens is 204 g/mol. The number of hydrogen-bond donors (Lipinski definition) is 0. The summed E-state index contributed by atoms with van der Waals surface area (Å²) in [7, 11) is 0. The molecule has 86 valence electrons. The highest BCUT2D eigenvalue weighted by Gasteiger charge is 2.54. The number of hydrogen-bond acceptors (Lipinski definition) is 0. The molecule has 0 heterocycles. The Bertz CT molecular complexity index is 444. The van der Waals surface area contributed by atoms with Crippen LogP contribution < -0.4 is 0 Å². The second kappa shape index (κ2) is 4.03. The van der Waals surface area contributed by atoms with Crippen LogP contribution in [0.2, 0.25) is 0 Å². The second-order valence-corrected chi connectivity index (χ2v) is 5.01. The first kappa shape index (κ1) is 10.6. The highest BCUT2D eigenvalue weighted by atomic mass is 14.6. The summed E-state index contributed by atoms with van der Waals surface area (Å²) in [5.74, 6) is 0.812. The first-order valence-corrected chi connectivity index (χ1v) is 6.49. The van der Waals surface area contributed by atoms with Gasteiger partial charge >= 0.3 is 0 Å². The Labute approximate surface area is 103 Å². The van der Waals surface area contributed by atoms with Crippen LogP contribution in [0.3, 0.4) is 0 Å². The predicted molar refractivity (Wildman–Crippen MR) is 72.1 cm³/mol. The molecule has 3 rings (SSSR count). The van der Waals surface area contributed by atoms with Crippen LogP contribution in [0.4, 0.5) is 0 Å². The third-order valence-corrected chi connectivity index (χ3v) is 4.18. The van der Waals surface area contributed by atoms with Crippen molar-refractivity contribution >= 4 is 0 Å². The summed E-state index contributed by atoms with van der Waals surface area (Å²) >= 11 is 0. The maximum Gasteiger partial charge on any atom is 0.0234 e. The van der Waals surface area contributed by atoms with E-state index in [0.29, 0.717) is 5.41 Å². The summed E-state index contributed by atoms with van der Waals surface area (Å²) in [4.78, 5) is 0. The van der Waals surface area contributed by atoms with E-state index in [2.05, 4.69) is 67.6 Å². The molecule has 1 aliphatic carbocycles. The van der Waals surface area contributed by atoms with Gasteiger partial charge in [0.2, 0.25) is 0 Å². The van der Waals surface area contributed by atoms with E-state index < -0.39 is 0 Å². The van der Waals surface area contributed by atoms with Crippen LogP contribution in [0.15, 0.2) is 60.7 Å². The van der Waals surface area contributed by atoms with Gasteiger partial charge in [-0.05, 0) is 23.5 Å². The third-order valence-electron chi connectivity index (χ3n) is 4.18. The number of rotatable bonds is 3. The van der Waals surface area contributed by atoms with Gasteiger partial charge < -0.3 is 0 Å². The maximum absolute atomic E-state index is 2.30. The average molecular weight is 222 g/mol. The second-order valence-electron chi connectivity index (χ2n) is 5.01. The van der Waals surface area contributed by atoms with Crippen molar-refractivity contribution in [3.8, 4) is 0 Å². The molecule has 2 aromatic rings. The van der Waals surface area contributed by atoms with Gasteiger partial charge in [-0.25, -0.2) is 0 Å². The van der Waals surface area contributed by atoms with Crippen LogP contribution in [0.1, 0.15) is 30.9 Å². The summed E-state index contributed by atoms with van der Waals surface area (Å²) in [6.45, 7) is 2.30. The summed E-state index contributed by atoms with van der Waals surface area (Å²) < 4.78 is 0. The first-order valence-electron chi connectivity index (χ1n) is 6.49. The fraction of sp³-hybridized carbons (Fsp3) is 0.294. The van der Waals surface area contributed by atoms with Crippen LogP contribution in [-0.4, -0.2) is 0 Å². The van der Waals surface area contributed by atoms with Gasteiger partial charge in [0.15, 0.2) is 0 Å². The Morgan fingerprint density at radius 2 is 1.35 bits per heavy atom. The molecule has 0 unspecified atom stereocenters. The molecule has 0 saturated heterocycles. The smallest absolute Gasteiger partial charge is 0.0234 e. The molecule has 0 amide bonds. The molecule has 1 saturated carbocycles. The molecule has 1 atom stereocenters. The predicted octanol–water partition coefficient (Wildman–Crippen LogP) is 4.40. The zero-order chi connectivity index (χ0) is 11.7. The molecule has 0 spiro atoms. The average Bonchev–Trinajstić information content (AvgIpc) is 3.17. The maximum atomic E-state index is 2.30. The highest BCUT2D eigenvalue weighted by Crippen LogP contribution is 2.60. The first-order chi connectivity index (χ1) is 8.38. The Morgan fingerprint density at radius 3 is 1.71 bits per heavy atom. The lowest BCUT2D eigenvalue weighted by atomic mass is 9.85. The van der Waals surface area contributed by atoms with E-state index in [4.69, 9.17) is 0 Å². The molecule has 0 radical (unpaired) electrons. The summed E-state index contributed by atoms with van der Waals surface area (Å²) in [5, 5.41) is 0. The standard InChI is InChI=1S/C17H18/c1-2-14-13-17(14,15-9-5-3-6-10-15)16-11-7-4-8-12-16/h3-12,14H,2,13H2,1H3/t14-/m0/s1. The molecular formula is C17H18. The minimum absolute atomic E-state index is 0.303. The van der Waals surface area contributed by atoms with Gasteiger partial charge in [-0.15, -0.1) is 0 Å². The van der Waals surface area contributed by atoms with Gasteiger partial charge in [0.1, 0.15) is 0 Å². The minimum atomic E-state index is 0.303. The molecule has 1 aliphatic rings. The van der Waals surface area contributed by atoms with Gasteiger partial charge in [-0.2, -0.15) is 0 Å². The lowest BCUT2D eigenvalue weighted by molar-refractivity contribution is 0.675. The van der Waals surface area contributed by atoms with Crippen molar-refractivity contribution in [3.05, 3.63) is 71.8 Å². The van der Waals surface area contributed by atoms with Crippen LogP contribution in [-0.2, 0) is 5.41 Å². The van der Waals surface area contributed by atoms with Crippen LogP contribution in [0, 0.1) is 5.92 Å². The van der Waals surface area contributed by atoms with Crippen LogP contribution in [0.25, 0.3) is 0 Å². The van der Waals surface area contributed by atoms with Crippen molar-refractivity contribution in [2.24, 2.45) is 5.92 Å². The van der Waals surface area contributed by atoms with Crippen molar-refractivity contribution in [1.29, 1.82) is 0 Å². The van der Waals surface area contributed by atoms with Gasteiger partial charge in [0.05, 0.1) is 0 Å². The summed E-state index contributed by atoms with van der Waals surface area (Å²) in [6.07, 6.45) is 2.57. The fourth-order valence-electron chi connectivity index (χ4n) is 3.17. The van der Waals surface area contributed by atoms with Gasteiger partial charge in [-0.3, -0.25) is 0 Å². The van der Waals surface area contributed by atoms with E-state index in [1.54, 1.807) is 0 Å². The molecule has 0 aliphatic heterocycles. The fourth-order valence-corrected chi connectivity index (χ4v) is 3.17. The zero-order valence-corrected chi connectivity index (χ0v) is 10.3. The quantitative estimate of drug-likeness (QED) is 0.722. The molecule has 0 N–H and O–H groups in total. The van der Waals surface area contributed by atoms with Crippen molar-refractivity contribution in [2.45, 2.75) is 25.2 Å². The van der Waals surface area contributed by atoms with E-state index in [0.717, 1.165) is 5.92 Å². The zero-order valence-electron chi connectivity index (χ0n) is 10.3. The van der Waals surface area contributed by atoms with Crippen molar-refractivity contribution in [1.82, 2.24) is 0 Å². The van der Waals surface area contributed by atoms with E-state index in [-0.39, 0.29) is 0 Å². The van der Waals surface area contributed by atoms with E-state index in [1.807, 2.05) is 0 Å². The summed E-state index contributed by atoms with van der Waals surface area (Å²) in [6, 6.07) is 22.0. The minimum Gasteiger partial charge on any atom is -0.0651 e. The highest BCUT2D eigenvalue weighted by molar-refractivity contribution is 5.46. The topological polar surface area (TPSA) is 0 Å². The van der Waals surface area contributed by atoms with Gasteiger partial charge in [0.25, 0.3) is 0 Å². The van der Waals surface area contributed by atoms with E-state index in [1.165, 1.54) is 24.0 Å². The molecule has 0 bridgehead atoms. The van der Waals surface area contributed by atoms with Gasteiger partial charge in [0, 0.05) is 5.41 Å². The normalized spacial score (nSPS) is 21.1. The number of benzene rings is 2. The monoisotopic (exact) mass is 222 g/mol. The lowest BCUT2D eigenvalue weighted by Gasteiger charge is -2.18. The van der Waals surface area contributed by atoms with Crippen LogP contribution >= 0.6 is 0 Å². The van der Waals surface area contributed by atoms with E-state index in [9.17, 15) is 0 Å². The van der Waals surface area contributed by atoms with Crippen LogP contribution in [0.5, 0.6) is 0 Å². The Hall–Kier alpha value is -1.56. The molecule has 0 heteroatoms. The molecule has 0 nitrogen and oxygen atoms in total. The molecule has 17 heavy (non-hydrogen) atoms. The molecule has 1 fully saturated rings.